The highest BCUT2D eigenvalue weighted by atomic mass is 19.2. The maximum absolute atomic E-state index is 13.0. The second-order valence-electron chi connectivity index (χ2n) is 3.81. The summed E-state index contributed by atoms with van der Waals surface area (Å²) < 4.78 is 25.7. The maximum atomic E-state index is 13.0. The summed E-state index contributed by atoms with van der Waals surface area (Å²) in [4.78, 5) is 33.6. The van der Waals surface area contributed by atoms with Gasteiger partial charge in [-0.2, -0.15) is 0 Å². The zero-order valence-corrected chi connectivity index (χ0v) is 9.00. The second-order valence-corrected chi connectivity index (χ2v) is 3.81. The third-order valence-electron chi connectivity index (χ3n) is 2.53. The van der Waals surface area contributed by atoms with Gasteiger partial charge in [0, 0.05) is 0 Å². The average Bonchev–Trinajstić information content (AvgIpc) is 2.28. The van der Waals surface area contributed by atoms with E-state index in [2.05, 4.69) is 0 Å². The van der Waals surface area contributed by atoms with Crippen LogP contribution in [0.5, 0.6) is 0 Å². The van der Waals surface area contributed by atoms with Gasteiger partial charge in [0.05, 0.1) is 0 Å². The Balaban J connectivity index is 2.17. The van der Waals surface area contributed by atoms with E-state index < -0.39 is 35.4 Å². The largest absolute Gasteiger partial charge is 0.328 e. The van der Waals surface area contributed by atoms with Crippen molar-refractivity contribution in [3.63, 3.8) is 0 Å². The number of hydrogen-bond donors (Lipinski definition) is 2. The van der Waals surface area contributed by atoms with E-state index in [1.54, 1.807) is 0 Å². The predicted octanol–water partition coefficient (Wildman–Crippen LogP) is 0.490. The molecule has 1 aromatic carbocycles. The lowest BCUT2D eigenvalue weighted by atomic mass is 9.96. The van der Waals surface area contributed by atoms with Crippen LogP contribution in [0, 0.1) is 17.6 Å². The highest BCUT2D eigenvalue weighted by Gasteiger charge is 2.34. The number of halogens is 2. The fourth-order valence-electron chi connectivity index (χ4n) is 1.64. The summed E-state index contributed by atoms with van der Waals surface area (Å²) in [5.74, 6) is -4.71. The molecule has 7 heteroatoms. The van der Waals surface area contributed by atoms with Gasteiger partial charge in [0.25, 0.3) is 0 Å². The lowest BCUT2D eigenvalue weighted by molar-refractivity contribution is -0.135. The van der Waals surface area contributed by atoms with Crippen molar-refractivity contribution in [1.82, 2.24) is 10.6 Å². The number of nitrogens with one attached hydrogen (secondary N) is 2. The first kappa shape index (κ1) is 12.2. The molecule has 0 aromatic heterocycles. The number of carbonyl (C=O) groups is 3. The summed E-state index contributed by atoms with van der Waals surface area (Å²) in [7, 11) is 0. The first-order valence-corrected chi connectivity index (χ1v) is 5.07. The van der Waals surface area contributed by atoms with E-state index in [1.807, 2.05) is 10.6 Å². The molecular formula is C11H8F2N2O3. The molecule has 2 rings (SSSR count). The molecule has 1 saturated heterocycles. The predicted molar refractivity (Wildman–Crippen MR) is 55.2 cm³/mol. The minimum Gasteiger partial charge on any atom is -0.277 e. The molecule has 0 atom stereocenters. The molecule has 5 nitrogen and oxygen atoms in total. The summed E-state index contributed by atoms with van der Waals surface area (Å²) in [5, 5.41) is 3.86. The first-order valence-electron chi connectivity index (χ1n) is 5.07. The van der Waals surface area contributed by atoms with Gasteiger partial charge in [-0.1, -0.05) is 6.07 Å². The fraction of sp³-hybridized carbons (Fsp3) is 0.182. The second kappa shape index (κ2) is 4.52. The molecule has 1 heterocycles. The van der Waals surface area contributed by atoms with Crippen molar-refractivity contribution in [2.24, 2.45) is 5.92 Å². The maximum Gasteiger partial charge on any atom is 0.328 e. The van der Waals surface area contributed by atoms with Crippen LogP contribution in [-0.4, -0.2) is 17.8 Å². The van der Waals surface area contributed by atoms with Gasteiger partial charge in [-0.05, 0) is 24.1 Å². The molecule has 0 radical (unpaired) electrons. The molecule has 0 unspecified atom stereocenters. The van der Waals surface area contributed by atoms with Gasteiger partial charge >= 0.3 is 6.03 Å². The SMILES string of the molecule is O=C1NC(=O)C(Cc2ccc(F)c(F)c2)C(=O)N1. The summed E-state index contributed by atoms with van der Waals surface area (Å²) in [5.41, 5.74) is 0.290. The number of hydrogen-bond acceptors (Lipinski definition) is 3. The number of urea groups is 1. The van der Waals surface area contributed by atoms with Gasteiger partial charge in [-0.3, -0.25) is 20.2 Å². The van der Waals surface area contributed by atoms with E-state index in [1.165, 1.54) is 6.07 Å². The Morgan fingerprint density at radius 3 is 2.17 bits per heavy atom. The molecular weight excluding hydrogens is 246 g/mol. The molecule has 1 aliphatic heterocycles. The van der Waals surface area contributed by atoms with Crippen LogP contribution in [-0.2, 0) is 16.0 Å². The monoisotopic (exact) mass is 254 g/mol. The normalized spacial score (nSPS) is 16.4. The Kier molecular flexibility index (Phi) is 3.05. The Morgan fingerprint density at radius 2 is 1.61 bits per heavy atom. The van der Waals surface area contributed by atoms with Gasteiger partial charge < -0.3 is 0 Å². The van der Waals surface area contributed by atoms with Gasteiger partial charge in [-0.25, -0.2) is 13.6 Å². The van der Waals surface area contributed by atoms with E-state index in [9.17, 15) is 23.2 Å². The molecule has 1 aliphatic rings. The molecule has 0 spiro atoms. The van der Waals surface area contributed by atoms with Crippen LogP contribution in [0.3, 0.4) is 0 Å². The highest BCUT2D eigenvalue weighted by Crippen LogP contribution is 2.15. The van der Waals surface area contributed by atoms with E-state index in [0.29, 0.717) is 5.56 Å². The van der Waals surface area contributed by atoms with Crippen LogP contribution in [0.25, 0.3) is 0 Å². The zero-order valence-electron chi connectivity index (χ0n) is 9.00. The number of benzene rings is 1. The molecule has 1 aromatic rings. The van der Waals surface area contributed by atoms with Crippen molar-refractivity contribution in [1.29, 1.82) is 0 Å². The number of imide groups is 2. The summed E-state index contributed by atoms with van der Waals surface area (Å²) in [6.07, 6.45) is -0.109. The Morgan fingerprint density at radius 1 is 1.00 bits per heavy atom. The molecule has 0 saturated carbocycles. The van der Waals surface area contributed by atoms with Crippen molar-refractivity contribution in [3.8, 4) is 0 Å². The molecule has 4 amide bonds. The van der Waals surface area contributed by atoms with Gasteiger partial charge in [0.2, 0.25) is 11.8 Å². The van der Waals surface area contributed by atoms with Crippen LogP contribution in [0.4, 0.5) is 13.6 Å². The minimum atomic E-state index is -1.13. The van der Waals surface area contributed by atoms with Gasteiger partial charge in [0.15, 0.2) is 11.6 Å². The van der Waals surface area contributed by atoms with E-state index >= 15 is 0 Å². The third kappa shape index (κ3) is 2.34. The number of amides is 4. The molecule has 2 N–H and O–H groups in total. The standard InChI is InChI=1S/C11H8F2N2O3/c12-7-2-1-5(4-8(7)13)3-6-9(16)14-11(18)15-10(6)17/h1-2,4,6H,3H2,(H2,14,15,16,17,18). The summed E-state index contributed by atoms with van der Waals surface area (Å²) >= 11 is 0. The quantitative estimate of drug-likeness (QED) is 0.754. The molecule has 0 bridgehead atoms. The van der Waals surface area contributed by atoms with Gasteiger partial charge in [0.1, 0.15) is 5.92 Å². The molecule has 0 aliphatic carbocycles. The third-order valence-corrected chi connectivity index (χ3v) is 2.53. The first-order chi connectivity index (χ1) is 8.47. The lowest BCUT2D eigenvalue weighted by Crippen LogP contribution is -2.56. The zero-order chi connectivity index (χ0) is 13.3. The van der Waals surface area contributed by atoms with E-state index in [-0.39, 0.29) is 6.42 Å². The van der Waals surface area contributed by atoms with Crippen molar-refractivity contribution < 1.29 is 23.2 Å². The van der Waals surface area contributed by atoms with Crippen molar-refractivity contribution >= 4 is 17.8 Å². The molecule has 18 heavy (non-hydrogen) atoms. The lowest BCUT2D eigenvalue weighted by Gasteiger charge is -2.20. The van der Waals surface area contributed by atoms with Crippen molar-refractivity contribution in [3.05, 3.63) is 35.4 Å². The van der Waals surface area contributed by atoms with Gasteiger partial charge in [-0.15, -0.1) is 0 Å². The van der Waals surface area contributed by atoms with Crippen LogP contribution < -0.4 is 10.6 Å². The average molecular weight is 254 g/mol. The van der Waals surface area contributed by atoms with Crippen LogP contribution in [0.1, 0.15) is 5.56 Å². The number of carbonyl (C=O) groups excluding carboxylic acids is 3. The van der Waals surface area contributed by atoms with Crippen molar-refractivity contribution in [2.75, 3.05) is 0 Å². The number of barbiturate groups is 1. The summed E-state index contributed by atoms with van der Waals surface area (Å²) in [6, 6.07) is 2.21. The van der Waals surface area contributed by atoms with Crippen LogP contribution in [0.15, 0.2) is 18.2 Å². The Hall–Kier alpha value is -2.31. The minimum absolute atomic E-state index is 0.109. The Labute approximate surface area is 100 Å². The molecule has 1 fully saturated rings. The highest BCUT2D eigenvalue weighted by molar-refractivity contribution is 6.16. The van der Waals surface area contributed by atoms with E-state index in [4.69, 9.17) is 0 Å². The Bertz CT molecular complexity index is 525. The van der Waals surface area contributed by atoms with Crippen LogP contribution >= 0.6 is 0 Å². The fourth-order valence-corrected chi connectivity index (χ4v) is 1.64. The summed E-state index contributed by atoms with van der Waals surface area (Å²) in [6.45, 7) is 0. The molecule has 94 valence electrons. The smallest absolute Gasteiger partial charge is 0.277 e. The topological polar surface area (TPSA) is 75.3 Å². The van der Waals surface area contributed by atoms with Crippen molar-refractivity contribution in [2.45, 2.75) is 6.42 Å². The van der Waals surface area contributed by atoms with E-state index in [0.717, 1.165) is 12.1 Å². The van der Waals surface area contributed by atoms with Crippen LogP contribution in [0.2, 0.25) is 0 Å². The number of rotatable bonds is 2.